The Bertz CT molecular complexity index is 602. The zero-order valence-electron chi connectivity index (χ0n) is 11.8. The molecule has 0 unspecified atom stereocenters. The molecule has 0 atom stereocenters. The maximum absolute atomic E-state index is 11.9. The largest absolute Gasteiger partial charge is 0.504 e. The van der Waals surface area contributed by atoms with Crippen LogP contribution >= 0.6 is 0 Å². The Morgan fingerprint density at radius 1 is 1.14 bits per heavy atom. The zero-order chi connectivity index (χ0) is 16.4. The smallest absolute Gasteiger partial charge is 0.340 e. The van der Waals surface area contributed by atoms with Gasteiger partial charge in [0.25, 0.3) is 0 Å². The average molecular weight is 296 g/mol. The van der Waals surface area contributed by atoms with Crippen molar-refractivity contribution in [3.63, 3.8) is 0 Å². The van der Waals surface area contributed by atoms with Gasteiger partial charge in [-0.25, -0.2) is 9.59 Å². The highest BCUT2D eigenvalue weighted by atomic mass is 16.5. The fourth-order valence-electron chi connectivity index (χ4n) is 1.43. The molecule has 1 rings (SSSR count). The summed E-state index contributed by atoms with van der Waals surface area (Å²) in [6, 6.07) is 2.02. The van der Waals surface area contributed by atoms with Gasteiger partial charge < -0.3 is 20.1 Å². The fraction of sp³-hybridized carbons (Fsp3) is 0.357. The summed E-state index contributed by atoms with van der Waals surface area (Å²) >= 11 is 0. The molecular weight excluding hydrogens is 280 g/mol. The first-order valence-electron chi connectivity index (χ1n) is 6.16. The molecule has 0 amide bonds. The van der Waals surface area contributed by atoms with E-state index in [4.69, 9.17) is 14.9 Å². The Labute approximate surface area is 120 Å². The molecule has 0 radical (unpaired) electrons. The Kier molecular flexibility index (Phi) is 4.57. The first kappa shape index (κ1) is 16.5. The molecule has 0 saturated carbocycles. The lowest BCUT2D eigenvalue weighted by Gasteiger charge is -2.20. The number of carbonyl (C=O) groups is 3. The van der Waals surface area contributed by atoms with Crippen LogP contribution in [-0.4, -0.2) is 33.2 Å². The van der Waals surface area contributed by atoms with Gasteiger partial charge in [-0.3, -0.25) is 4.79 Å². The van der Waals surface area contributed by atoms with Gasteiger partial charge in [0, 0.05) is 0 Å². The van der Waals surface area contributed by atoms with E-state index in [2.05, 4.69) is 0 Å². The predicted molar refractivity (Wildman–Crippen MR) is 71.7 cm³/mol. The first-order valence-corrected chi connectivity index (χ1v) is 6.16. The van der Waals surface area contributed by atoms with Crippen LogP contribution in [0, 0.1) is 5.41 Å². The Balaban J connectivity index is 3.29. The minimum absolute atomic E-state index is 0.385. The molecule has 0 spiro atoms. The van der Waals surface area contributed by atoms with Crippen LogP contribution in [0.3, 0.4) is 0 Å². The fourth-order valence-corrected chi connectivity index (χ4v) is 1.43. The molecule has 1 aromatic rings. The van der Waals surface area contributed by atoms with Crippen molar-refractivity contribution in [3.05, 3.63) is 23.3 Å². The van der Waals surface area contributed by atoms with Crippen molar-refractivity contribution < 1.29 is 34.4 Å². The number of hydrogen-bond acceptors (Lipinski definition) is 5. The standard InChI is InChI=1S/C14H16O7/c1-4-14(2,3)13(20)21-8-6-5-7(11(16)17)9(10(8)15)12(18)19/h5-6,15H,4H2,1-3H3,(H,16,17)(H,18,19). The molecule has 3 N–H and O–H groups in total. The molecule has 0 aliphatic heterocycles. The van der Waals surface area contributed by atoms with Crippen molar-refractivity contribution in [1.82, 2.24) is 0 Å². The van der Waals surface area contributed by atoms with Crippen LogP contribution in [0.15, 0.2) is 12.1 Å². The van der Waals surface area contributed by atoms with E-state index in [1.165, 1.54) is 0 Å². The summed E-state index contributed by atoms with van der Waals surface area (Å²) in [5.74, 6) is -5.06. The Hall–Kier alpha value is -2.57. The lowest BCUT2D eigenvalue weighted by molar-refractivity contribution is -0.144. The van der Waals surface area contributed by atoms with E-state index in [0.29, 0.717) is 6.42 Å². The van der Waals surface area contributed by atoms with Crippen molar-refractivity contribution in [2.45, 2.75) is 27.2 Å². The third-order valence-corrected chi connectivity index (χ3v) is 3.22. The normalized spacial score (nSPS) is 11.0. The van der Waals surface area contributed by atoms with E-state index in [1.807, 2.05) is 0 Å². The molecule has 7 nitrogen and oxygen atoms in total. The van der Waals surface area contributed by atoms with Gasteiger partial charge in [0.15, 0.2) is 11.5 Å². The van der Waals surface area contributed by atoms with E-state index in [1.54, 1.807) is 20.8 Å². The molecule has 0 saturated heterocycles. The van der Waals surface area contributed by atoms with Gasteiger partial charge in [0.2, 0.25) is 0 Å². The van der Waals surface area contributed by atoms with Gasteiger partial charge in [0.1, 0.15) is 5.56 Å². The topological polar surface area (TPSA) is 121 Å². The van der Waals surface area contributed by atoms with Crippen LogP contribution in [0.25, 0.3) is 0 Å². The number of rotatable bonds is 5. The third kappa shape index (κ3) is 3.31. The molecule has 0 heterocycles. The van der Waals surface area contributed by atoms with Crippen LogP contribution in [-0.2, 0) is 4.79 Å². The van der Waals surface area contributed by atoms with Gasteiger partial charge in [0.05, 0.1) is 11.0 Å². The number of hydrogen-bond donors (Lipinski definition) is 3. The number of carboxylic acid groups (broad SMARTS) is 2. The second-order valence-corrected chi connectivity index (χ2v) is 5.07. The lowest BCUT2D eigenvalue weighted by Crippen LogP contribution is -2.28. The summed E-state index contributed by atoms with van der Waals surface area (Å²) in [7, 11) is 0. The summed E-state index contributed by atoms with van der Waals surface area (Å²) in [5, 5.41) is 27.7. The highest BCUT2D eigenvalue weighted by molar-refractivity contribution is 6.04. The van der Waals surface area contributed by atoms with Crippen molar-refractivity contribution >= 4 is 17.9 Å². The highest BCUT2D eigenvalue weighted by Gasteiger charge is 2.30. The first-order chi connectivity index (χ1) is 9.61. The van der Waals surface area contributed by atoms with Crippen LogP contribution in [0.2, 0.25) is 0 Å². The minimum atomic E-state index is -1.63. The van der Waals surface area contributed by atoms with Crippen molar-refractivity contribution in [3.8, 4) is 11.5 Å². The molecule has 0 aliphatic rings. The van der Waals surface area contributed by atoms with E-state index in [0.717, 1.165) is 12.1 Å². The van der Waals surface area contributed by atoms with E-state index < -0.39 is 40.2 Å². The molecule has 0 aliphatic carbocycles. The quantitative estimate of drug-likeness (QED) is 0.562. The van der Waals surface area contributed by atoms with Crippen molar-refractivity contribution in [1.29, 1.82) is 0 Å². The molecule has 1 aromatic carbocycles. The second-order valence-electron chi connectivity index (χ2n) is 5.07. The zero-order valence-corrected chi connectivity index (χ0v) is 11.8. The van der Waals surface area contributed by atoms with Crippen LogP contribution in [0.1, 0.15) is 47.9 Å². The molecule has 0 bridgehead atoms. The predicted octanol–water partition coefficient (Wildman–Crippen LogP) is 2.13. The second kappa shape index (κ2) is 5.82. The molecule has 21 heavy (non-hydrogen) atoms. The van der Waals surface area contributed by atoms with E-state index >= 15 is 0 Å². The van der Waals surface area contributed by atoms with Gasteiger partial charge in [-0.05, 0) is 32.4 Å². The maximum atomic E-state index is 11.9. The number of carboxylic acids is 2. The van der Waals surface area contributed by atoms with Crippen LogP contribution in [0.5, 0.6) is 11.5 Å². The molecule has 0 aromatic heterocycles. The number of esters is 1. The SMILES string of the molecule is CCC(C)(C)C(=O)Oc1ccc(C(=O)O)c(C(=O)O)c1O. The molecule has 114 valence electrons. The Morgan fingerprint density at radius 2 is 1.71 bits per heavy atom. The summed E-state index contributed by atoms with van der Waals surface area (Å²) in [4.78, 5) is 33.9. The molecule has 0 fully saturated rings. The highest BCUT2D eigenvalue weighted by Crippen LogP contribution is 2.34. The number of aromatic hydroxyl groups is 1. The number of benzene rings is 1. The van der Waals surface area contributed by atoms with Gasteiger partial charge in [-0.2, -0.15) is 0 Å². The van der Waals surface area contributed by atoms with E-state index in [9.17, 15) is 19.5 Å². The van der Waals surface area contributed by atoms with Gasteiger partial charge in [-0.1, -0.05) is 6.92 Å². The third-order valence-electron chi connectivity index (χ3n) is 3.22. The molecule has 7 heteroatoms. The number of ether oxygens (including phenoxy) is 1. The average Bonchev–Trinajstić information content (AvgIpc) is 2.39. The lowest BCUT2D eigenvalue weighted by atomic mass is 9.91. The minimum Gasteiger partial charge on any atom is -0.504 e. The summed E-state index contributed by atoms with van der Waals surface area (Å²) in [6.07, 6.45) is 0.478. The number of aromatic carboxylic acids is 2. The Morgan fingerprint density at radius 3 is 2.14 bits per heavy atom. The van der Waals surface area contributed by atoms with Crippen LogP contribution < -0.4 is 4.74 Å². The van der Waals surface area contributed by atoms with Gasteiger partial charge >= 0.3 is 17.9 Å². The summed E-state index contributed by atoms with van der Waals surface area (Å²) in [5.41, 5.74) is -2.22. The maximum Gasteiger partial charge on any atom is 0.340 e. The number of carbonyl (C=O) groups excluding carboxylic acids is 1. The monoisotopic (exact) mass is 296 g/mol. The summed E-state index contributed by atoms with van der Waals surface area (Å²) in [6.45, 7) is 5.05. The molecular formula is C14H16O7. The van der Waals surface area contributed by atoms with Crippen molar-refractivity contribution in [2.24, 2.45) is 5.41 Å². The number of phenols is 1. The van der Waals surface area contributed by atoms with Gasteiger partial charge in [-0.15, -0.1) is 0 Å². The van der Waals surface area contributed by atoms with Crippen LogP contribution in [0.4, 0.5) is 0 Å². The van der Waals surface area contributed by atoms with E-state index in [-0.39, 0.29) is 5.75 Å². The summed E-state index contributed by atoms with van der Waals surface area (Å²) < 4.78 is 4.98. The van der Waals surface area contributed by atoms with Crippen molar-refractivity contribution in [2.75, 3.05) is 0 Å².